The van der Waals surface area contributed by atoms with Crippen LogP contribution >= 0.6 is 11.3 Å². The van der Waals surface area contributed by atoms with Gasteiger partial charge in [0.25, 0.3) is 12.0 Å². The van der Waals surface area contributed by atoms with Crippen LogP contribution in [0.1, 0.15) is 54.7 Å². The van der Waals surface area contributed by atoms with Gasteiger partial charge in [0.1, 0.15) is 11.3 Å². The molecule has 6 nitrogen and oxygen atoms in total. The first-order valence-corrected chi connectivity index (χ1v) is 11.8. The highest BCUT2D eigenvalue weighted by Gasteiger charge is 2.35. The first kappa shape index (κ1) is 22.2. The maximum absolute atomic E-state index is 15.8. The molecule has 1 fully saturated rings. The van der Waals surface area contributed by atoms with Crippen LogP contribution in [0.4, 0.5) is 13.2 Å². The van der Waals surface area contributed by atoms with Crippen LogP contribution in [-0.2, 0) is 12.8 Å². The van der Waals surface area contributed by atoms with Crippen molar-refractivity contribution in [3.8, 4) is 16.2 Å². The fourth-order valence-electron chi connectivity index (χ4n) is 4.91. The molecule has 2 unspecified atom stereocenters. The van der Waals surface area contributed by atoms with Gasteiger partial charge in [-0.1, -0.05) is 0 Å². The number of aryl methyl sites for hydroxylation is 1. The standard InChI is InChI=1S/C23H24F3N3O3S/c1-9(27)10-3-6-13-11(7-10)8-14(33-13)15-18(24)16(21(25)26)17-19(20(15)32-2)29(12-4-5-12)23(31)28-22(17)30/h8-10,12,21H,3-7,27H2,1-2H3,(H,28,30,31). The maximum Gasteiger partial charge on any atom is 0.329 e. The smallest absolute Gasteiger partial charge is 0.329 e. The van der Waals surface area contributed by atoms with E-state index in [2.05, 4.69) is 4.98 Å². The van der Waals surface area contributed by atoms with Crippen LogP contribution < -0.4 is 21.7 Å². The molecular formula is C23H24F3N3O3S. The number of H-pyrrole nitrogens is 1. The number of nitrogens with zero attached hydrogens (tertiary/aromatic N) is 1. The number of thiophene rings is 1. The lowest BCUT2D eigenvalue weighted by Crippen LogP contribution is -2.31. The van der Waals surface area contributed by atoms with Gasteiger partial charge in [-0.2, -0.15) is 0 Å². The zero-order valence-electron chi connectivity index (χ0n) is 18.2. The van der Waals surface area contributed by atoms with Crippen molar-refractivity contribution in [3.05, 3.63) is 48.7 Å². The first-order valence-electron chi connectivity index (χ1n) is 11.0. The van der Waals surface area contributed by atoms with E-state index in [1.54, 1.807) is 0 Å². The second-order valence-corrected chi connectivity index (χ2v) is 10.1. The molecule has 2 aromatic heterocycles. The fraction of sp³-hybridized carbons (Fsp3) is 0.478. The van der Waals surface area contributed by atoms with E-state index in [4.69, 9.17) is 10.5 Å². The van der Waals surface area contributed by atoms with Crippen molar-refractivity contribution in [2.24, 2.45) is 11.7 Å². The summed E-state index contributed by atoms with van der Waals surface area (Å²) >= 11 is 1.33. The summed E-state index contributed by atoms with van der Waals surface area (Å²) in [7, 11) is 1.29. The Morgan fingerprint density at radius 2 is 2.00 bits per heavy atom. The number of benzene rings is 1. The van der Waals surface area contributed by atoms with Crippen molar-refractivity contribution in [1.82, 2.24) is 9.55 Å². The average molecular weight is 480 g/mol. The molecule has 1 aromatic carbocycles. The van der Waals surface area contributed by atoms with E-state index in [1.807, 2.05) is 13.0 Å². The normalized spacial score (nSPS) is 19.2. The van der Waals surface area contributed by atoms with Gasteiger partial charge < -0.3 is 10.5 Å². The monoisotopic (exact) mass is 479 g/mol. The molecule has 176 valence electrons. The lowest BCUT2D eigenvalue weighted by molar-refractivity contribution is 0.148. The third-order valence-corrected chi connectivity index (χ3v) is 8.01. The minimum atomic E-state index is -3.25. The number of alkyl halides is 2. The topological polar surface area (TPSA) is 90.1 Å². The predicted octanol–water partition coefficient (Wildman–Crippen LogP) is 4.29. The Morgan fingerprint density at radius 1 is 1.27 bits per heavy atom. The third kappa shape index (κ3) is 3.50. The zero-order chi connectivity index (χ0) is 23.6. The van der Waals surface area contributed by atoms with Gasteiger partial charge >= 0.3 is 5.69 Å². The number of fused-ring (bicyclic) bond motifs is 2. The zero-order valence-corrected chi connectivity index (χ0v) is 19.0. The van der Waals surface area contributed by atoms with E-state index in [0.717, 1.165) is 29.7 Å². The summed E-state index contributed by atoms with van der Waals surface area (Å²) in [4.78, 5) is 28.8. The Morgan fingerprint density at radius 3 is 2.61 bits per heavy atom. The Kier molecular flexibility index (Phi) is 5.40. The maximum atomic E-state index is 15.8. The van der Waals surface area contributed by atoms with Gasteiger partial charge in [-0.05, 0) is 56.6 Å². The molecule has 10 heteroatoms. The Bertz CT molecular complexity index is 1370. The number of hydrogen-bond acceptors (Lipinski definition) is 5. The molecule has 0 aliphatic heterocycles. The van der Waals surface area contributed by atoms with Crippen LogP contribution in [0.5, 0.6) is 5.75 Å². The summed E-state index contributed by atoms with van der Waals surface area (Å²) in [6.07, 6.45) is 0.480. The molecule has 2 atom stereocenters. The highest BCUT2D eigenvalue weighted by Crippen LogP contribution is 2.48. The van der Waals surface area contributed by atoms with Crippen molar-refractivity contribution < 1.29 is 17.9 Å². The lowest BCUT2D eigenvalue weighted by Gasteiger charge is -2.24. The summed E-state index contributed by atoms with van der Waals surface area (Å²) < 4.78 is 50.9. The summed E-state index contributed by atoms with van der Waals surface area (Å²) in [5.74, 6) is -0.967. The minimum Gasteiger partial charge on any atom is -0.494 e. The number of rotatable bonds is 5. The van der Waals surface area contributed by atoms with E-state index in [0.29, 0.717) is 23.6 Å². The molecule has 5 rings (SSSR count). The predicted molar refractivity (Wildman–Crippen MR) is 121 cm³/mol. The number of nitrogens with one attached hydrogen (secondary N) is 1. The minimum absolute atomic E-state index is 0.0126. The second kappa shape index (κ2) is 8.02. The molecular weight excluding hydrogens is 455 g/mol. The van der Waals surface area contributed by atoms with Crippen molar-refractivity contribution in [3.63, 3.8) is 0 Å². The number of methoxy groups -OCH3 is 1. The number of ether oxygens (including phenoxy) is 1. The molecule has 0 amide bonds. The number of aromatic amines is 1. The number of nitrogens with two attached hydrogens (primary N) is 1. The average Bonchev–Trinajstić information content (AvgIpc) is 3.50. The SMILES string of the molecule is COc1c(-c2cc3c(s2)CCC(C(C)N)C3)c(F)c(C(F)F)c2c(=O)[nH]c(=O)n(C3CC3)c12. The van der Waals surface area contributed by atoms with Crippen molar-refractivity contribution in [1.29, 1.82) is 0 Å². The van der Waals surface area contributed by atoms with Gasteiger partial charge in [-0.15, -0.1) is 11.3 Å². The molecule has 33 heavy (non-hydrogen) atoms. The Labute approximate surface area is 191 Å². The van der Waals surface area contributed by atoms with Gasteiger partial charge in [-0.3, -0.25) is 14.3 Å². The lowest BCUT2D eigenvalue weighted by atomic mass is 9.84. The van der Waals surface area contributed by atoms with Crippen molar-refractivity contribution in [2.75, 3.05) is 7.11 Å². The largest absolute Gasteiger partial charge is 0.494 e. The summed E-state index contributed by atoms with van der Waals surface area (Å²) in [5.41, 5.74) is 4.15. The molecule has 0 radical (unpaired) electrons. The number of aromatic nitrogens is 2. The summed E-state index contributed by atoms with van der Waals surface area (Å²) in [6.45, 7) is 1.96. The van der Waals surface area contributed by atoms with E-state index >= 15 is 4.39 Å². The van der Waals surface area contributed by atoms with E-state index in [-0.39, 0.29) is 28.9 Å². The summed E-state index contributed by atoms with van der Waals surface area (Å²) in [5, 5.41) is -0.534. The molecule has 2 aliphatic carbocycles. The van der Waals surface area contributed by atoms with E-state index < -0.39 is 34.4 Å². The van der Waals surface area contributed by atoms with Crippen LogP contribution in [0, 0.1) is 11.7 Å². The highest BCUT2D eigenvalue weighted by atomic mass is 32.1. The van der Waals surface area contributed by atoms with E-state index in [1.165, 1.54) is 23.0 Å². The number of hydrogen-bond donors (Lipinski definition) is 2. The Hall–Kier alpha value is -2.59. The molecule has 0 spiro atoms. The molecule has 3 N–H and O–H groups in total. The number of halogens is 3. The summed E-state index contributed by atoms with van der Waals surface area (Å²) in [6, 6.07) is 1.57. The van der Waals surface area contributed by atoms with Crippen molar-refractivity contribution in [2.45, 2.75) is 57.5 Å². The molecule has 2 heterocycles. The van der Waals surface area contributed by atoms with Crippen LogP contribution in [0.2, 0.25) is 0 Å². The molecule has 3 aromatic rings. The first-order chi connectivity index (χ1) is 15.7. The molecule has 0 saturated heterocycles. The Balaban J connectivity index is 1.84. The van der Waals surface area contributed by atoms with Gasteiger partial charge in [0, 0.05) is 21.8 Å². The van der Waals surface area contributed by atoms with Gasteiger partial charge in [-0.25, -0.2) is 18.0 Å². The van der Waals surface area contributed by atoms with Gasteiger partial charge in [0.2, 0.25) is 0 Å². The van der Waals surface area contributed by atoms with Crippen LogP contribution in [0.15, 0.2) is 15.7 Å². The molecule has 1 saturated carbocycles. The third-order valence-electron chi connectivity index (χ3n) is 6.76. The van der Waals surface area contributed by atoms with Crippen molar-refractivity contribution >= 4 is 22.2 Å². The quantitative estimate of drug-likeness (QED) is 0.571. The fourth-order valence-corrected chi connectivity index (χ4v) is 6.16. The molecule has 0 bridgehead atoms. The van der Waals surface area contributed by atoms with Crippen LogP contribution in [-0.4, -0.2) is 22.7 Å². The van der Waals surface area contributed by atoms with E-state index in [9.17, 15) is 18.4 Å². The molecule has 2 aliphatic rings. The van der Waals surface area contributed by atoms with Crippen LogP contribution in [0.25, 0.3) is 21.3 Å². The van der Waals surface area contributed by atoms with Gasteiger partial charge in [0.15, 0.2) is 5.75 Å². The highest BCUT2D eigenvalue weighted by molar-refractivity contribution is 7.15. The second-order valence-electron chi connectivity index (χ2n) is 8.94. The van der Waals surface area contributed by atoms with Crippen LogP contribution in [0.3, 0.4) is 0 Å². The van der Waals surface area contributed by atoms with Gasteiger partial charge in [0.05, 0.1) is 23.6 Å².